The van der Waals surface area contributed by atoms with Crippen LogP contribution in [0.25, 0.3) is 5.52 Å². The lowest BCUT2D eigenvalue weighted by Gasteiger charge is -2.23. The molecule has 2 aromatic heterocycles. The molecule has 55 heavy (non-hydrogen) atoms. The highest BCUT2D eigenvalue weighted by molar-refractivity contribution is 7.47. The molecule has 0 bridgehead atoms. The highest BCUT2D eigenvalue weighted by Crippen LogP contribution is 2.47. The van der Waals surface area contributed by atoms with E-state index < -0.39 is 25.3 Å². The molecule has 3 heterocycles. The summed E-state index contributed by atoms with van der Waals surface area (Å²) in [5.74, 6) is -0.143. The topological polar surface area (TPSA) is 189 Å². The second-order valence-electron chi connectivity index (χ2n) is 14.5. The average Bonchev–Trinajstić information content (AvgIpc) is 3.82. The van der Waals surface area contributed by atoms with Gasteiger partial charge in [-0.3, -0.25) is 9.05 Å². The summed E-state index contributed by atoms with van der Waals surface area (Å²) in [6, 6.07) is 11.3. The molecule has 1 aliphatic heterocycles. The van der Waals surface area contributed by atoms with E-state index >= 15 is 0 Å². The zero-order valence-corrected chi connectivity index (χ0v) is 33.6. The molecule has 0 spiro atoms. The molecular weight excluding hydrogens is 722 g/mol. The Balaban J connectivity index is 0.000000632. The van der Waals surface area contributed by atoms with E-state index in [2.05, 4.69) is 23.1 Å². The second-order valence-corrected chi connectivity index (χ2v) is 16.0. The summed E-state index contributed by atoms with van der Waals surface area (Å²) in [5.41, 5.74) is 6.61. The highest BCUT2D eigenvalue weighted by Gasteiger charge is 2.44. The Hall–Kier alpha value is -3.42. The molecule has 1 aromatic carbocycles. The Morgan fingerprint density at radius 1 is 0.927 bits per heavy atom. The van der Waals surface area contributed by atoms with Crippen molar-refractivity contribution in [1.82, 2.24) is 14.6 Å². The van der Waals surface area contributed by atoms with E-state index in [1.165, 1.54) is 121 Å². The number of ether oxygens (including phenoxy) is 1. The van der Waals surface area contributed by atoms with Crippen LogP contribution in [0.4, 0.5) is 10.2 Å². The van der Waals surface area contributed by atoms with Crippen LogP contribution in [0.15, 0.2) is 36.7 Å². The number of phosphoric ester groups is 1. The van der Waals surface area contributed by atoms with Crippen molar-refractivity contribution in [3.8, 4) is 12.1 Å². The molecule has 1 fully saturated rings. The van der Waals surface area contributed by atoms with Crippen LogP contribution < -0.4 is 5.73 Å². The van der Waals surface area contributed by atoms with Crippen LogP contribution in [0.5, 0.6) is 0 Å². The van der Waals surface area contributed by atoms with Gasteiger partial charge in [0.1, 0.15) is 36.4 Å². The molecule has 0 saturated carbocycles. The van der Waals surface area contributed by atoms with Crippen molar-refractivity contribution in [1.29, 1.82) is 10.5 Å². The van der Waals surface area contributed by atoms with E-state index in [9.17, 15) is 19.1 Å². The van der Waals surface area contributed by atoms with E-state index in [1.807, 2.05) is 6.07 Å². The van der Waals surface area contributed by atoms with Crippen molar-refractivity contribution >= 4 is 19.2 Å². The van der Waals surface area contributed by atoms with Crippen molar-refractivity contribution in [2.24, 2.45) is 0 Å². The number of anilines is 1. The third kappa shape index (κ3) is 17.1. The Kier molecular flexibility index (Phi) is 21.5. The zero-order chi connectivity index (χ0) is 39.8. The number of fused-ring (bicyclic) bond motifs is 1. The van der Waals surface area contributed by atoms with E-state index in [0.29, 0.717) is 36.2 Å². The van der Waals surface area contributed by atoms with Gasteiger partial charge < -0.3 is 20.5 Å². The number of halogens is 1. The average molecular weight is 785 g/mol. The molecule has 1 saturated heterocycles. The van der Waals surface area contributed by atoms with Crippen LogP contribution in [-0.4, -0.2) is 43.4 Å². The van der Waals surface area contributed by atoms with Gasteiger partial charge >= 0.3 is 7.82 Å². The molecule has 3 atom stereocenters. The van der Waals surface area contributed by atoms with Gasteiger partial charge in [0.15, 0.2) is 11.4 Å². The first-order valence-electron chi connectivity index (χ1n) is 20.3. The minimum atomic E-state index is -4.29. The minimum absolute atomic E-state index is 0.146. The fourth-order valence-corrected chi connectivity index (χ4v) is 7.60. The van der Waals surface area contributed by atoms with Gasteiger partial charge in [-0.2, -0.15) is 15.6 Å². The standard InChI is InChI=1S/C33H56N5O5P.C8H6FNO/c1-2-3-4-5-6-7-8-9-10-11-12-13-14-15-16-17-18-19-20-25-41-44(39,40)42-27-33(26-34)24-23-31(43-33)29-21-22-30-32(35)36-28-37-38(29)30;9-8-2-6(4-10)1-7(3-8)5-11/h21-22,28,31H,2-20,23-25,27H2,1H3,(H,39,40)(H2,35,36,37);1-3,11H,5H2. The van der Waals surface area contributed by atoms with Gasteiger partial charge in [-0.25, -0.2) is 18.5 Å². The molecule has 0 radical (unpaired) electrons. The third-order valence-corrected chi connectivity index (χ3v) is 10.9. The Labute approximate surface area is 326 Å². The number of rotatable bonds is 26. The Morgan fingerprint density at radius 2 is 1.51 bits per heavy atom. The van der Waals surface area contributed by atoms with Crippen molar-refractivity contribution in [3.63, 3.8) is 0 Å². The van der Waals surface area contributed by atoms with E-state index in [4.69, 9.17) is 29.9 Å². The lowest BCUT2D eigenvalue weighted by Crippen LogP contribution is -2.32. The maximum atomic E-state index is 12.5. The lowest BCUT2D eigenvalue weighted by molar-refractivity contribution is -0.0397. The molecule has 3 aromatic rings. The van der Waals surface area contributed by atoms with Crippen molar-refractivity contribution in [2.75, 3.05) is 18.9 Å². The number of nitrogens with zero attached hydrogens (tertiary/aromatic N) is 5. The first-order chi connectivity index (χ1) is 26.7. The first kappa shape index (κ1) is 46.0. The number of nitrogens with two attached hydrogens (primary N) is 1. The normalized spacial score (nSPS) is 17.7. The quantitative estimate of drug-likeness (QED) is 0.0519. The number of unbranched alkanes of at least 4 members (excludes halogenated alkanes) is 18. The SMILES string of the molecule is CCCCCCCCCCCCCCCCCCCCCOP(=O)(O)OCC1(C#N)CCC(c2ccc3c(N)ncnn23)O1.N#Cc1cc(F)cc(CO)c1. The number of nitriles is 2. The van der Waals surface area contributed by atoms with Gasteiger partial charge in [0.25, 0.3) is 0 Å². The molecule has 12 nitrogen and oxygen atoms in total. The molecule has 304 valence electrons. The zero-order valence-electron chi connectivity index (χ0n) is 32.7. The number of phosphoric acid groups is 1. The molecule has 4 rings (SSSR count). The molecule has 0 amide bonds. The Bertz CT molecular complexity index is 1680. The van der Waals surface area contributed by atoms with E-state index in [1.54, 1.807) is 16.7 Å². The summed E-state index contributed by atoms with van der Waals surface area (Å²) in [5, 5.41) is 31.0. The minimum Gasteiger partial charge on any atom is -0.392 e. The van der Waals surface area contributed by atoms with Crippen molar-refractivity contribution < 1.29 is 32.7 Å². The fraction of sp³-hybridized carbons (Fsp3) is 0.659. The van der Waals surface area contributed by atoms with Crippen LogP contribution in [0.2, 0.25) is 0 Å². The summed E-state index contributed by atoms with van der Waals surface area (Å²) in [6.45, 7) is 1.82. The number of hydrogen-bond acceptors (Lipinski definition) is 10. The monoisotopic (exact) mass is 784 g/mol. The van der Waals surface area contributed by atoms with Crippen LogP contribution in [0.1, 0.15) is 165 Å². The van der Waals surface area contributed by atoms with Crippen LogP contribution in [0, 0.1) is 28.5 Å². The number of aromatic nitrogens is 3. The van der Waals surface area contributed by atoms with Crippen molar-refractivity contribution in [2.45, 2.75) is 160 Å². The smallest absolute Gasteiger partial charge is 0.392 e. The third-order valence-electron chi connectivity index (χ3n) is 9.96. The Morgan fingerprint density at radius 3 is 2.05 bits per heavy atom. The summed E-state index contributed by atoms with van der Waals surface area (Å²) < 4.78 is 43.1. The van der Waals surface area contributed by atoms with Gasteiger partial charge in [-0.1, -0.05) is 122 Å². The number of hydrogen-bond donors (Lipinski definition) is 3. The molecular formula is C41H62FN6O6P. The van der Waals surface area contributed by atoms with Gasteiger partial charge in [-0.15, -0.1) is 0 Å². The summed E-state index contributed by atoms with van der Waals surface area (Å²) >= 11 is 0. The molecule has 3 unspecified atom stereocenters. The summed E-state index contributed by atoms with van der Waals surface area (Å²) in [7, 11) is -4.29. The fourth-order valence-electron chi connectivity index (χ4n) is 6.79. The maximum Gasteiger partial charge on any atom is 0.472 e. The van der Waals surface area contributed by atoms with E-state index in [0.717, 1.165) is 24.6 Å². The molecule has 14 heteroatoms. The number of aliphatic hydroxyl groups excluding tert-OH is 1. The van der Waals surface area contributed by atoms with Gasteiger partial charge in [0.2, 0.25) is 0 Å². The van der Waals surface area contributed by atoms with E-state index in [-0.39, 0.29) is 25.4 Å². The summed E-state index contributed by atoms with van der Waals surface area (Å²) in [4.78, 5) is 14.2. The molecule has 4 N–H and O–H groups in total. The summed E-state index contributed by atoms with van der Waals surface area (Å²) in [6.07, 6.45) is 26.3. The maximum absolute atomic E-state index is 12.5. The van der Waals surface area contributed by atoms with Gasteiger partial charge in [0.05, 0.1) is 30.5 Å². The molecule has 0 aliphatic carbocycles. The second kappa shape index (κ2) is 25.7. The largest absolute Gasteiger partial charge is 0.472 e. The highest BCUT2D eigenvalue weighted by atomic mass is 31.2. The number of aliphatic hydroxyl groups is 1. The van der Waals surface area contributed by atoms with Gasteiger partial charge in [-0.05, 0) is 55.2 Å². The van der Waals surface area contributed by atoms with Crippen LogP contribution >= 0.6 is 7.82 Å². The van der Waals surface area contributed by atoms with Gasteiger partial charge in [0, 0.05) is 0 Å². The van der Waals surface area contributed by atoms with Crippen LogP contribution in [-0.2, 0) is 25.0 Å². The first-order valence-corrected chi connectivity index (χ1v) is 21.7. The number of nitrogen functional groups attached to an aromatic ring is 1. The predicted molar refractivity (Wildman–Crippen MR) is 211 cm³/mol. The van der Waals surface area contributed by atoms with Crippen LogP contribution in [0.3, 0.4) is 0 Å². The lowest BCUT2D eigenvalue weighted by atomic mass is 10.0. The predicted octanol–water partition coefficient (Wildman–Crippen LogP) is 10.2. The molecule has 1 aliphatic rings. The number of benzene rings is 1. The van der Waals surface area contributed by atoms with Crippen molar-refractivity contribution in [3.05, 3.63) is 59.3 Å².